The number of aromatic nitrogens is 1. The average Bonchev–Trinajstić information content (AvgIpc) is 3.20. The molecular weight excluding hydrogens is 505 g/mol. The van der Waals surface area contributed by atoms with Crippen molar-refractivity contribution in [3.63, 3.8) is 0 Å². The molecular formula is C25H20FN3O5S2. The van der Waals surface area contributed by atoms with E-state index in [1.807, 2.05) is 0 Å². The molecule has 1 heterocycles. The molecule has 11 heteroatoms. The van der Waals surface area contributed by atoms with E-state index in [9.17, 15) is 22.4 Å². The lowest BCUT2D eigenvalue weighted by Crippen LogP contribution is -2.16. The number of amides is 1. The molecule has 0 aliphatic carbocycles. The lowest BCUT2D eigenvalue weighted by molar-refractivity contribution is 0.0600. The molecule has 0 aliphatic rings. The minimum atomic E-state index is -3.99. The summed E-state index contributed by atoms with van der Waals surface area (Å²) < 4.78 is 48.0. The Labute approximate surface area is 210 Å². The highest BCUT2D eigenvalue weighted by molar-refractivity contribution is 7.92. The van der Waals surface area contributed by atoms with E-state index in [0.29, 0.717) is 16.9 Å². The monoisotopic (exact) mass is 525 g/mol. The van der Waals surface area contributed by atoms with Crippen molar-refractivity contribution >= 4 is 49.1 Å². The number of hydrogen-bond acceptors (Lipinski definition) is 6. The van der Waals surface area contributed by atoms with Crippen molar-refractivity contribution in [3.8, 4) is 0 Å². The summed E-state index contributed by atoms with van der Waals surface area (Å²) in [7, 11) is -2.69. The van der Waals surface area contributed by atoms with Crippen LogP contribution < -0.4 is 9.52 Å². The van der Waals surface area contributed by atoms with Gasteiger partial charge in [-0.05, 0) is 60.7 Å². The topological polar surface area (TPSA) is 107 Å². The molecule has 0 spiro atoms. The van der Waals surface area contributed by atoms with Gasteiger partial charge in [0, 0.05) is 17.8 Å². The number of halogens is 1. The van der Waals surface area contributed by atoms with Gasteiger partial charge >= 0.3 is 5.97 Å². The van der Waals surface area contributed by atoms with Crippen LogP contribution >= 0.6 is 11.3 Å². The minimum absolute atomic E-state index is 0.118. The zero-order valence-corrected chi connectivity index (χ0v) is 20.6. The molecule has 0 aliphatic heterocycles. The number of methoxy groups -OCH3 is 1. The number of esters is 1. The van der Waals surface area contributed by atoms with Crippen LogP contribution in [0.5, 0.6) is 0 Å². The summed E-state index contributed by atoms with van der Waals surface area (Å²) in [4.78, 5) is 29.4. The fraction of sp³-hybridized carbons (Fsp3) is 0.0800. The second-order valence-corrected chi connectivity index (χ2v) is 10.2. The first-order valence-corrected chi connectivity index (χ1v) is 12.8. The van der Waals surface area contributed by atoms with Gasteiger partial charge in [-0.1, -0.05) is 23.5 Å². The second-order valence-electron chi connectivity index (χ2n) is 7.52. The summed E-state index contributed by atoms with van der Waals surface area (Å²) in [5.74, 6) is -1.62. The van der Waals surface area contributed by atoms with Crippen molar-refractivity contribution in [3.05, 3.63) is 101 Å². The van der Waals surface area contributed by atoms with Crippen LogP contribution in [0.25, 0.3) is 10.2 Å². The highest BCUT2D eigenvalue weighted by atomic mass is 32.2. The van der Waals surface area contributed by atoms with Crippen LogP contribution in [0.4, 0.5) is 10.1 Å². The molecule has 1 amide bonds. The number of ether oxygens (including phenoxy) is 1. The number of allylic oxidation sites excluding steroid dienone is 1. The summed E-state index contributed by atoms with van der Waals surface area (Å²) in [6, 6.07) is 15.3. The van der Waals surface area contributed by atoms with Crippen LogP contribution in [0, 0.1) is 5.82 Å². The first-order chi connectivity index (χ1) is 17.2. The van der Waals surface area contributed by atoms with Crippen molar-refractivity contribution in [2.24, 2.45) is 4.99 Å². The van der Waals surface area contributed by atoms with Gasteiger partial charge in [0.25, 0.3) is 15.9 Å². The van der Waals surface area contributed by atoms with Crippen molar-refractivity contribution in [2.75, 3.05) is 11.8 Å². The Hall–Kier alpha value is -4.09. The molecule has 184 valence electrons. The maximum Gasteiger partial charge on any atom is 0.337 e. The first-order valence-electron chi connectivity index (χ1n) is 10.5. The van der Waals surface area contributed by atoms with Crippen molar-refractivity contribution < 1.29 is 27.1 Å². The largest absolute Gasteiger partial charge is 0.465 e. The first kappa shape index (κ1) is 25.0. The third-order valence-corrected chi connectivity index (χ3v) is 7.54. The molecule has 0 bridgehead atoms. The molecule has 3 aromatic carbocycles. The van der Waals surface area contributed by atoms with Gasteiger partial charge in [0.2, 0.25) is 0 Å². The highest BCUT2D eigenvalue weighted by Gasteiger charge is 2.16. The molecule has 0 fully saturated rings. The number of thiazole rings is 1. The second kappa shape index (κ2) is 10.3. The Morgan fingerprint density at radius 3 is 2.56 bits per heavy atom. The van der Waals surface area contributed by atoms with E-state index >= 15 is 0 Å². The number of sulfonamides is 1. The van der Waals surface area contributed by atoms with E-state index in [4.69, 9.17) is 4.74 Å². The number of rotatable bonds is 7. The quantitative estimate of drug-likeness (QED) is 0.285. The summed E-state index contributed by atoms with van der Waals surface area (Å²) in [6.45, 7) is 4.13. The number of benzene rings is 3. The summed E-state index contributed by atoms with van der Waals surface area (Å²) in [5.41, 5.74) is 1.45. The van der Waals surface area contributed by atoms with Crippen LogP contribution in [0.1, 0.15) is 20.7 Å². The number of nitrogens with zero attached hydrogens (tertiary/aromatic N) is 2. The number of fused-ring (bicyclic) bond motifs is 1. The average molecular weight is 526 g/mol. The van der Waals surface area contributed by atoms with E-state index in [0.717, 1.165) is 34.5 Å². The highest BCUT2D eigenvalue weighted by Crippen LogP contribution is 2.21. The van der Waals surface area contributed by atoms with Gasteiger partial charge in [-0.25, -0.2) is 17.6 Å². The van der Waals surface area contributed by atoms with Crippen LogP contribution in [0.2, 0.25) is 0 Å². The molecule has 0 saturated carbocycles. The van der Waals surface area contributed by atoms with Gasteiger partial charge in [0.05, 0.1) is 27.8 Å². The molecule has 8 nitrogen and oxygen atoms in total. The fourth-order valence-electron chi connectivity index (χ4n) is 3.40. The van der Waals surface area contributed by atoms with E-state index in [1.165, 1.54) is 42.7 Å². The number of carbonyl (C=O) groups is 2. The number of anilines is 1. The summed E-state index contributed by atoms with van der Waals surface area (Å²) in [6.07, 6.45) is 1.66. The predicted octanol–water partition coefficient (Wildman–Crippen LogP) is 4.36. The van der Waals surface area contributed by atoms with Crippen molar-refractivity contribution in [1.82, 2.24) is 4.57 Å². The van der Waals surface area contributed by atoms with Crippen molar-refractivity contribution in [1.29, 1.82) is 0 Å². The van der Waals surface area contributed by atoms with E-state index in [2.05, 4.69) is 16.3 Å². The molecule has 0 atom stereocenters. The minimum Gasteiger partial charge on any atom is -0.465 e. The van der Waals surface area contributed by atoms with Gasteiger partial charge < -0.3 is 9.30 Å². The molecule has 36 heavy (non-hydrogen) atoms. The standard InChI is InChI=1S/C25H20FN3O5S2/c1-3-13-29-21-12-7-17(24(31)34-2)15-22(21)35-25(29)27-23(30)16-5-4-6-19(14-16)28-36(32,33)20-10-8-18(26)9-11-20/h3-12,14-15,28H,1,13H2,2H3. The third kappa shape index (κ3) is 5.26. The Balaban J connectivity index is 1.68. The Kier molecular flexibility index (Phi) is 7.13. The van der Waals surface area contributed by atoms with Gasteiger partial charge in [0.15, 0.2) is 4.80 Å². The number of hydrogen-bond donors (Lipinski definition) is 1. The maximum absolute atomic E-state index is 13.1. The van der Waals surface area contributed by atoms with Gasteiger partial charge in [-0.15, -0.1) is 6.58 Å². The smallest absolute Gasteiger partial charge is 0.337 e. The summed E-state index contributed by atoms with van der Waals surface area (Å²) >= 11 is 1.22. The van der Waals surface area contributed by atoms with Gasteiger partial charge in [-0.2, -0.15) is 4.99 Å². The molecule has 4 aromatic rings. The van der Waals surface area contributed by atoms with E-state index < -0.39 is 27.7 Å². The lowest BCUT2D eigenvalue weighted by atomic mass is 10.2. The molecule has 4 rings (SSSR count). The Morgan fingerprint density at radius 2 is 1.86 bits per heavy atom. The lowest BCUT2D eigenvalue weighted by Gasteiger charge is -2.09. The molecule has 1 aromatic heterocycles. The van der Waals surface area contributed by atoms with E-state index in [1.54, 1.807) is 28.8 Å². The predicted molar refractivity (Wildman–Crippen MR) is 135 cm³/mol. The summed E-state index contributed by atoms with van der Waals surface area (Å²) in [5, 5.41) is 0. The molecule has 0 saturated heterocycles. The van der Waals surface area contributed by atoms with Gasteiger partial charge in [0.1, 0.15) is 5.82 Å². The number of carbonyl (C=O) groups excluding carboxylic acids is 2. The Morgan fingerprint density at radius 1 is 1.11 bits per heavy atom. The SMILES string of the molecule is C=CCn1c(=NC(=O)c2cccc(NS(=O)(=O)c3ccc(F)cc3)c2)sc2cc(C(=O)OC)ccc21. The van der Waals surface area contributed by atoms with Crippen LogP contribution in [-0.4, -0.2) is 32.0 Å². The molecule has 1 N–H and O–H groups in total. The van der Waals surface area contributed by atoms with Crippen molar-refractivity contribution in [2.45, 2.75) is 11.4 Å². The van der Waals surface area contributed by atoms with Crippen LogP contribution in [0.15, 0.2) is 89.3 Å². The van der Waals surface area contributed by atoms with E-state index in [-0.39, 0.29) is 16.1 Å². The van der Waals surface area contributed by atoms with Crippen LogP contribution in [-0.2, 0) is 21.3 Å². The fourth-order valence-corrected chi connectivity index (χ4v) is 5.53. The zero-order valence-electron chi connectivity index (χ0n) is 19.0. The molecule has 0 unspecified atom stereocenters. The normalized spacial score (nSPS) is 11.9. The zero-order chi connectivity index (χ0) is 25.9. The third-order valence-electron chi connectivity index (χ3n) is 5.10. The Bertz CT molecular complexity index is 1660. The van der Waals surface area contributed by atoms with Crippen LogP contribution in [0.3, 0.4) is 0 Å². The maximum atomic E-state index is 13.1. The number of nitrogens with one attached hydrogen (secondary N) is 1. The van der Waals surface area contributed by atoms with Gasteiger partial charge in [-0.3, -0.25) is 9.52 Å². The molecule has 0 radical (unpaired) electrons.